The molecule has 0 saturated carbocycles. The molecule has 0 aliphatic heterocycles. The molecular formula is C17H14ClNOS. The monoisotopic (exact) mass is 315 g/mol. The van der Waals surface area contributed by atoms with Crippen LogP contribution >= 0.6 is 23.4 Å². The normalized spacial score (nSPS) is 10.8. The van der Waals surface area contributed by atoms with Crippen LogP contribution in [0.2, 0.25) is 0 Å². The molecule has 21 heavy (non-hydrogen) atoms. The van der Waals surface area contributed by atoms with Gasteiger partial charge in [-0.05, 0) is 35.9 Å². The third kappa shape index (κ3) is 2.99. The molecule has 3 rings (SSSR count). The Bertz CT molecular complexity index is 776. The quantitative estimate of drug-likeness (QED) is 0.469. The highest BCUT2D eigenvalue weighted by molar-refractivity contribution is 7.98. The number of pyridine rings is 1. The number of para-hydroxylation sites is 1. The number of hydrogen-bond acceptors (Lipinski definition) is 3. The van der Waals surface area contributed by atoms with Crippen LogP contribution in [0.4, 0.5) is 0 Å². The molecular weight excluding hydrogens is 302 g/mol. The van der Waals surface area contributed by atoms with E-state index in [9.17, 15) is 0 Å². The molecule has 0 spiro atoms. The number of fused-ring (bicyclic) bond motifs is 1. The SMILES string of the molecule is CSc1ccccc1Oc1nc(CCl)cc2ccccc12. The number of rotatable bonds is 4. The first-order valence-electron chi connectivity index (χ1n) is 6.57. The van der Waals surface area contributed by atoms with Crippen LogP contribution in [0.3, 0.4) is 0 Å². The van der Waals surface area contributed by atoms with Crippen molar-refractivity contribution < 1.29 is 4.74 Å². The highest BCUT2D eigenvalue weighted by Crippen LogP contribution is 2.34. The Morgan fingerprint density at radius 1 is 1.10 bits per heavy atom. The van der Waals surface area contributed by atoms with E-state index in [1.165, 1.54) is 0 Å². The summed E-state index contributed by atoms with van der Waals surface area (Å²) in [4.78, 5) is 5.61. The molecule has 0 atom stereocenters. The van der Waals surface area contributed by atoms with Crippen LogP contribution < -0.4 is 4.74 Å². The van der Waals surface area contributed by atoms with E-state index in [1.54, 1.807) is 11.8 Å². The van der Waals surface area contributed by atoms with Crippen molar-refractivity contribution in [2.24, 2.45) is 0 Å². The van der Waals surface area contributed by atoms with Crippen LogP contribution in [0.25, 0.3) is 10.8 Å². The number of halogens is 1. The summed E-state index contributed by atoms with van der Waals surface area (Å²) in [5.74, 6) is 1.78. The standard InChI is InChI=1S/C17H14ClNOS/c1-21-16-9-5-4-8-15(16)20-17-14-7-3-2-6-12(14)10-13(11-18)19-17/h2-10H,11H2,1H3. The van der Waals surface area contributed by atoms with Gasteiger partial charge in [0.05, 0.1) is 11.6 Å². The zero-order valence-corrected chi connectivity index (χ0v) is 13.1. The predicted molar refractivity (Wildman–Crippen MR) is 89.6 cm³/mol. The van der Waals surface area contributed by atoms with Crippen molar-refractivity contribution in [3.8, 4) is 11.6 Å². The van der Waals surface area contributed by atoms with Crippen LogP contribution in [0.15, 0.2) is 59.5 Å². The average molecular weight is 316 g/mol. The lowest BCUT2D eigenvalue weighted by Crippen LogP contribution is -1.94. The molecule has 1 heterocycles. The van der Waals surface area contributed by atoms with Crippen LogP contribution in [-0.2, 0) is 5.88 Å². The van der Waals surface area contributed by atoms with Gasteiger partial charge in [0.2, 0.25) is 5.88 Å². The number of alkyl halides is 1. The molecule has 0 unspecified atom stereocenters. The van der Waals surface area contributed by atoms with Gasteiger partial charge < -0.3 is 4.74 Å². The van der Waals surface area contributed by atoms with Gasteiger partial charge >= 0.3 is 0 Å². The highest BCUT2D eigenvalue weighted by Gasteiger charge is 2.10. The van der Waals surface area contributed by atoms with Crippen molar-refractivity contribution in [3.63, 3.8) is 0 Å². The minimum absolute atomic E-state index is 0.366. The Labute approximate surface area is 133 Å². The van der Waals surface area contributed by atoms with Crippen LogP contribution in [0.5, 0.6) is 11.6 Å². The lowest BCUT2D eigenvalue weighted by Gasteiger charge is -2.12. The molecule has 2 nitrogen and oxygen atoms in total. The predicted octanol–water partition coefficient (Wildman–Crippen LogP) is 5.49. The average Bonchev–Trinajstić information content (AvgIpc) is 2.55. The Hall–Kier alpha value is -1.71. The lowest BCUT2D eigenvalue weighted by atomic mass is 10.1. The van der Waals surface area contributed by atoms with E-state index in [4.69, 9.17) is 16.3 Å². The van der Waals surface area contributed by atoms with E-state index in [1.807, 2.05) is 60.9 Å². The minimum atomic E-state index is 0.366. The Kier molecular flexibility index (Phi) is 4.32. The largest absolute Gasteiger partial charge is 0.437 e. The maximum Gasteiger partial charge on any atom is 0.227 e. The maximum atomic E-state index is 6.07. The molecule has 0 aliphatic rings. The first-order chi connectivity index (χ1) is 10.3. The second-order valence-electron chi connectivity index (χ2n) is 4.53. The Morgan fingerprint density at radius 2 is 1.86 bits per heavy atom. The zero-order valence-electron chi connectivity index (χ0n) is 11.5. The molecule has 106 valence electrons. The molecule has 0 bridgehead atoms. The number of aromatic nitrogens is 1. The van der Waals surface area contributed by atoms with Crippen LogP contribution in [-0.4, -0.2) is 11.2 Å². The van der Waals surface area contributed by atoms with Crippen LogP contribution in [0, 0.1) is 0 Å². The van der Waals surface area contributed by atoms with E-state index in [-0.39, 0.29) is 0 Å². The third-order valence-corrected chi connectivity index (χ3v) is 4.22. The number of thioether (sulfide) groups is 1. The molecule has 3 aromatic rings. The van der Waals surface area contributed by atoms with Crippen molar-refractivity contribution >= 4 is 34.1 Å². The summed E-state index contributed by atoms with van der Waals surface area (Å²) in [6, 6.07) is 18.0. The van der Waals surface area contributed by atoms with E-state index in [0.29, 0.717) is 11.8 Å². The summed E-state index contributed by atoms with van der Waals surface area (Å²) in [5.41, 5.74) is 0.812. The molecule has 0 fully saturated rings. The Balaban J connectivity index is 2.11. The smallest absolute Gasteiger partial charge is 0.227 e. The van der Waals surface area contributed by atoms with Gasteiger partial charge in [0.25, 0.3) is 0 Å². The second kappa shape index (κ2) is 6.37. The molecule has 2 aromatic carbocycles. The molecule has 0 amide bonds. The van der Waals surface area contributed by atoms with Gasteiger partial charge in [-0.15, -0.1) is 23.4 Å². The molecule has 0 N–H and O–H groups in total. The van der Waals surface area contributed by atoms with Crippen molar-refractivity contribution in [2.45, 2.75) is 10.8 Å². The summed E-state index contributed by atoms with van der Waals surface area (Å²) < 4.78 is 6.07. The first-order valence-corrected chi connectivity index (χ1v) is 8.33. The van der Waals surface area contributed by atoms with Crippen molar-refractivity contribution in [2.75, 3.05) is 6.26 Å². The molecule has 4 heteroatoms. The molecule has 0 saturated heterocycles. The summed E-state index contributed by atoms with van der Waals surface area (Å²) >= 11 is 7.59. The lowest BCUT2D eigenvalue weighted by molar-refractivity contribution is 0.457. The fourth-order valence-corrected chi connectivity index (χ4v) is 2.84. The third-order valence-electron chi connectivity index (χ3n) is 3.17. The number of ether oxygens (including phenoxy) is 1. The maximum absolute atomic E-state index is 6.07. The van der Waals surface area contributed by atoms with Gasteiger partial charge in [0, 0.05) is 10.3 Å². The van der Waals surface area contributed by atoms with Crippen molar-refractivity contribution in [1.29, 1.82) is 0 Å². The van der Waals surface area contributed by atoms with Gasteiger partial charge in [-0.1, -0.05) is 30.3 Å². The van der Waals surface area contributed by atoms with Gasteiger partial charge in [-0.25, -0.2) is 4.98 Å². The highest BCUT2D eigenvalue weighted by atomic mass is 35.5. The van der Waals surface area contributed by atoms with Crippen molar-refractivity contribution in [3.05, 3.63) is 60.3 Å². The van der Waals surface area contributed by atoms with Gasteiger partial charge in [0.1, 0.15) is 5.75 Å². The molecule has 0 aliphatic carbocycles. The fourth-order valence-electron chi connectivity index (χ4n) is 2.17. The summed E-state index contributed by atoms with van der Waals surface area (Å²) in [7, 11) is 0. The number of benzene rings is 2. The van der Waals surface area contributed by atoms with Crippen molar-refractivity contribution in [1.82, 2.24) is 4.98 Å². The number of nitrogens with zero attached hydrogens (tertiary/aromatic N) is 1. The summed E-state index contributed by atoms with van der Waals surface area (Å²) in [6.45, 7) is 0. The number of hydrogen-bond donors (Lipinski definition) is 0. The van der Waals surface area contributed by atoms with E-state index >= 15 is 0 Å². The molecule has 1 aromatic heterocycles. The summed E-state index contributed by atoms with van der Waals surface area (Å²) in [5, 5.41) is 2.07. The summed E-state index contributed by atoms with van der Waals surface area (Å²) in [6.07, 6.45) is 2.03. The van der Waals surface area contributed by atoms with E-state index in [0.717, 1.165) is 27.1 Å². The first kappa shape index (κ1) is 14.2. The topological polar surface area (TPSA) is 22.1 Å². The van der Waals surface area contributed by atoms with E-state index in [2.05, 4.69) is 4.98 Å². The second-order valence-corrected chi connectivity index (χ2v) is 5.64. The fraction of sp³-hybridized carbons (Fsp3) is 0.118. The molecule has 0 radical (unpaired) electrons. The van der Waals surface area contributed by atoms with Gasteiger partial charge in [-0.3, -0.25) is 0 Å². The van der Waals surface area contributed by atoms with Crippen LogP contribution in [0.1, 0.15) is 5.69 Å². The Morgan fingerprint density at radius 3 is 2.67 bits per heavy atom. The van der Waals surface area contributed by atoms with Gasteiger partial charge in [-0.2, -0.15) is 0 Å². The van der Waals surface area contributed by atoms with E-state index < -0.39 is 0 Å². The van der Waals surface area contributed by atoms with Gasteiger partial charge in [0.15, 0.2) is 0 Å². The minimum Gasteiger partial charge on any atom is -0.437 e. The zero-order chi connectivity index (χ0) is 14.7.